The van der Waals surface area contributed by atoms with E-state index in [1.54, 1.807) is 13.0 Å². The van der Waals surface area contributed by atoms with Crippen LogP contribution in [0.3, 0.4) is 0 Å². The molecule has 0 saturated carbocycles. The predicted octanol–water partition coefficient (Wildman–Crippen LogP) is 2.50. The summed E-state index contributed by atoms with van der Waals surface area (Å²) in [6, 6.07) is 3.29. The quantitative estimate of drug-likeness (QED) is 0.445. The molecular weight excluding hydrogens is 248 g/mol. The summed E-state index contributed by atoms with van der Waals surface area (Å²) in [4.78, 5) is 10.6. The lowest BCUT2D eigenvalue weighted by Gasteiger charge is -2.12. The van der Waals surface area contributed by atoms with Crippen LogP contribution in [0.4, 0.5) is 5.69 Å². The van der Waals surface area contributed by atoms with Gasteiger partial charge in [0.15, 0.2) is 5.75 Å². The summed E-state index contributed by atoms with van der Waals surface area (Å²) in [6.07, 6.45) is 1.01. The number of hydrogen-bond acceptors (Lipinski definition) is 5. The highest BCUT2D eigenvalue weighted by atomic mass is 16.6. The molecule has 1 N–H and O–H groups in total. The van der Waals surface area contributed by atoms with Gasteiger partial charge in [-0.15, -0.1) is 0 Å². The van der Waals surface area contributed by atoms with Gasteiger partial charge in [0, 0.05) is 12.6 Å². The van der Waals surface area contributed by atoms with E-state index >= 15 is 0 Å². The number of benzene rings is 1. The van der Waals surface area contributed by atoms with E-state index in [1.807, 2.05) is 0 Å². The Labute approximate surface area is 112 Å². The molecule has 0 bridgehead atoms. The number of methoxy groups -OCH3 is 1. The molecule has 6 heteroatoms. The zero-order chi connectivity index (χ0) is 14.3. The molecule has 0 aliphatic rings. The molecule has 0 amide bonds. The molecule has 0 aliphatic heterocycles. The molecule has 1 rings (SSSR count). The van der Waals surface area contributed by atoms with Crippen molar-refractivity contribution in [3.63, 3.8) is 0 Å². The van der Waals surface area contributed by atoms with Crippen molar-refractivity contribution in [2.75, 3.05) is 20.3 Å². The molecule has 6 nitrogen and oxygen atoms in total. The lowest BCUT2D eigenvalue weighted by atomic mass is 10.1. The fourth-order valence-corrected chi connectivity index (χ4v) is 1.73. The van der Waals surface area contributed by atoms with Gasteiger partial charge < -0.3 is 14.8 Å². The van der Waals surface area contributed by atoms with Crippen LogP contribution >= 0.6 is 0 Å². The largest absolute Gasteiger partial charge is 0.493 e. The van der Waals surface area contributed by atoms with Gasteiger partial charge in [-0.25, -0.2) is 0 Å². The Morgan fingerprint density at radius 3 is 2.63 bits per heavy atom. The minimum absolute atomic E-state index is 0.0606. The minimum Gasteiger partial charge on any atom is -0.493 e. The molecule has 0 saturated heterocycles. The van der Waals surface area contributed by atoms with Crippen molar-refractivity contribution in [2.24, 2.45) is 0 Å². The van der Waals surface area contributed by atoms with Gasteiger partial charge in [-0.2, -0.15) is 0 Å². The average Bonchev–Trinajstić information content (AvgIpc) is 2.40. The highest BCUT2D eigenvalue weighted by molar-refractivity contribution is 5.58. The van der Waals surface area contributed by atoms with E-state index in [0.717, 1.165) is 18.5 Å². The van der Waals surface area contributed by atoms with Crippen molar-refractivity contribution in [2.45, 2.75) is 26.8 Å². The van der Waals surface area contributed by atoms with Crippen LogP contribution in [0.25, 0.3) is 0 Å². The lowest BCUT2D eigenvalue weighted by Crippen LogP contribution is -2.14. The SMILES string of the molecule is CCCNCc1cc(OC)c(OCC)c([N+](=O)[O-])c1. The van der Waals surface area contributed by atoms with Crippen molar-refractivity contribution in [3.05, 3.63) is 27.8 Å². The fourth-order valence-electron chi connectivity index (χ4n) is 1.73. The van der Waals surface area contributed by atoms with Crippen molar-refractivity contribution in [1.29, 1.82) is 0 Å². The van der Waals surface area contributed by atoms with Gasteiger partial charge in [0.25, 0.3) is 0 Å². The van der Waals surface area contributed by atoms with Crippen molar-refractivity contribution >= 4 is 5.69 Å². The van der Waals surface area contributed by atoms with E-state index in [2.05, 4.69) is 12.2 Å². The summed E-state index contributed by atoms with van der Waals surface area (Å²) in [5, 5.41) is 14.3. The number of nitrogens with zero attached hydrogens (tertiary/aromatic N) is 1. The first-order valence-corrected chi connectivity index (χ1v) is 6.32. The van der Waals surface area contributed by atoms with Crippen molar-refractivity contribution in [3.8, 4) is 11.5 Å². The van der Waals surface area contributed by atoms with Crippen LogP contribution in [0.2, 0.25) is 0 Å². The van der Waals surface area contributed by atoms with E-state index in [1.165, 1.54) is 13.2 Å². The lowest BCUT2D eigenvalue weighted by molar-refractivity contribution is -0.386. The smallest absolute Gasteiger partial charge is 0.315 e. The Bertz CT molecular complexity index is 435. The molecule has 1 aromatic carbocycles. The van der Waals surface area contributed by atoms with Crippen LogP contribution in [0, 0.1) is 10.1 Å². The van der Waals surface area contributed by atoms with Gasteiger partial charge >= 0.3 is 5.69 Å². The fraction of sp³-hybridized carbons (Fsp3) is 0.538. The van der Waals surface area contributed by atoms with E-state index < -0.39 is 4.92 Å². The third kappa shape index (κ3) is 4.10. The number of rotatable bonds is 8. The first kappa shape index (κ1) is 15.2. The molecule has 0 atom stereocenters. The average molecular weight is 268 g/mol. The van der Waals surface area contributed by atoms with Crippen LogP contribution in [0.5, 0.6) is 11.5 Å². The summed E-state index contributed by atoms with van der Waals surface area (Å²) in [5.74, 6) is 0.582. The number of nitro groups is 1. The normalized spacial score (nSPS) is 10.3. The van der Waals surface area contributed by atoms with Gasteiger partial charge in [-0.05, 0) is 31.5 Å². The molecule has 0 fully saturated rings. The van der Waals surface area contributed by atoms with E-state index in [4.69, 9.17) is 9.47 Å². The van der Waals surface area contributed by atoms with Gasteiger partial charge in [0.05, 0.1) is 18.6 Å². The molecule has 19 heavy (non-hydrogen) atoms. The van der Waals surface area contributed by atoms with Crippen LogP contribution in [-0.4, -0.2) is 25.2 Å². The number of nitro benzene ring substituents is 1. The van der Waals surface area contributed by atoms with Crippen LogP contribution in [0.1, 0.15) is 25.8 Å². The topological polar surface area (TPSA) is 73.6 Å². The number of hydrogen-bond donors (Lipinski definition) is 1. The van der Waals surface area contributed by atoms with Crippen molar-refractivity contribution in [1.82, 2.24) is 5.32 Å². The highest BCUT2D eigenvalue weighted by Gasteiger charge is 2.21. The molecule has 0 radical (unpaired) electrons. The molecule has 106 valence electrons. The highest BCUT2D eigenvalue weighted by Crippen LogP contribution is 2.38. The standard InChI is InChI=1S/C13H20N2O4/c1-4-6-14-9-10-7-11(15(16)17)13(19-5-2)12(8-10)18-3/h7-8,14H,4-6,9H2,1-3H3. The van der Waals surface area contributed by atoms with Gasteiger partial charge in [-0.1, -0.05) is 6.92 Å². The first-order valence-electron chi connectivity index (χ1n) is 6.32. The van der Waals surface area contributed by atoms with Crippen LogP contribution < -0.4 is 14.8 Å². The molecule has 0 unspecified atom stereocenters. The zero-order valence-electron chi connectivity index (χ0n) is 11.6. The van der Waals surface area contributed by atoms with Gasteiger partial charge in [0.2, 0.25) is 5.75 Å². The van der Waals surface area contributed by atoms with Crippen LogP contribution in [-0.2, 0) is 6.54 Å². The molecule has 0 spiro atoms. The Balaban J connectivity index is 3.09. The first-order chi connectivity index (χ1) is 9.13. The number of ether oxygens (including phenoxy) is 2. The molecule has 0 aromatic heterocycles. The molecule has 0 heterocycles. The zero-order valence-corrected chi connectivity index (χ0v) is 11.6. The van der Waals surface area contributed by atoms with E-state index in [-0.39, 0.29) is 11.4 Å². The maximum atomic E-state index is 11.1. The Hall–Kier alpha value is -1.82. The second-order valence-electron chi connectivity index (χ2n) is 4.01. The summed E-state index contributed by atoms with van der Waals surface area (Å²) < 4.78 is 10.5. The monoisotopic (exact) mass is 268 g/mol. The predicted molar refractivity (Wildman–Crippen MR) is 72.8 cm³/mol. The second kappa shape index (κ2) is 7.58. The summed E-state index contributed by atoms with van der Waals surface area (Å²) in [6.45, 7) is 5.62. The van der Waals surface area contributed by atoms with Crippen molar-refractivity contribution < 1.29 is 14.4 Å². The van der Waals surface area contributed by atoms with Gasteiger partial charge in [0.1, 0.15) is 0 Å². The third-order valence-electron chi connectivity index (χ3n) is 2.56. The van der Waals surface area contributed by atoms with Crippen LogP contribution in [0.15, 0.2) is 12.1 Å². The summed E-state index contributed by atoms with van der Waals surface area (Å²) >= 11 is 0. The second-order valence-corrected chi connectivity index (χ2v) is 4.01. The Morgan fingerprint density at radius 2 is 2.11 bits per heavy atom. The maximum Gasteiger partial charge on any atom is 0.315 e. The maximum absolute atomic E-state index is 11.1. The van der Waals surface area contributed by atoms with Gasteiger partial charge in [-0.3, -0.25) is 10.1 Å². The van der Waals surface area contributed by atoms with E-state index in [9.17, 15) is 10.1 Å². The number of nitrogens with one attached hydrogen (secondary N) is 1. The molecule has 0 aliphatic carbocycles. The third-order valence-corrected chi connectivity index (χ3v) is 2.56. The summed E-state index contributed by atoms with van der Waals surface area (Å²) in [5.41, 5.74) is 0.745. The van der Waals surface area contributed by atoms with E-state index in [0.29, 0.717) is 18.9 Å². The molecular formula is C13H20N2O4. The molecule has 1 aromatic rings. The Kier molecular flexibility index (Phi) is 6.08. The summed E-state index contributed by atoms with van der Waals surface area (Å²) in [7, 11) is 1.48. The Morgan fingerprint density at radius 1 is 1.37 bits per heavy atom. The minimum atomic E-state index is -0.448.